The fourth-order valence-electron chi connectivity index (χ4n) is 3.12. The van der Waals surface area contributed by atoms with E-state index in [0.717, 1.165) is 23.4 Å². The minimum atomic E-state index is -0.819. The summed E-state index contributed by atoms with van der Waals surface area (Å²) in [4.78, 5) is 22.5. The summed E-state index contributed by atoms with van der Waals surface area (Å²) in [7, 11) is 0. The van der Waals surface area contributed by atoms with Crippen molar-refractivity contribution in [2.45, 2.75) is 25.3 Å². The number of fused-ring (bicyclic) bond motifs is 3. The molecule has 0 fully saturated rings. The van der Waals surface area contributed by atoms with E-state index in [9.17, 15) is 14.7 Å². The third-order valence-corrected chi connectivity index (χ3v) is 3.95. The van der Waals surface area contributed by atoms with Crippen molar-refractivity contribution in [2.24, 2.45) is 5.92 Å². The summed E-state index contributed by atoms with van der Waals surface area (Å²) in [6, 6.07) is 4.98. The molecule has 104 valence electrons. The van der Waals surface area contributed by atoms with Gasteiger partial charge in [-0.05, 0) is 30.2 Å². The molecule has 1 aliphatic carbocycles. The van der Waals surface area contributed by atoms with Gasteiger partial charge in [0.1, 0.15) is 6.04 Å². The molecule has 1 aliphatic heterocycles. The average Bonchev–Trinajstić information content (AvgIpc) is 2.86. The van der Waals surface area contributed by atoms with Gasteiger partial charge < -0.3 is 15.7 Å². The molecule has 5 heteroatoms. The van der Waals surface area contributed by atoms with Gasteiger partial charge in [0, 0.05) is 30.1 Å². The predicted octanol–water partition coefficient (Wildman–Crippen LogP) is 2.18. The molecular formula is C15H16N2O3. The minimum absolute atomic E-state index is 0.0348. The lowest BCUT2D eigenvalue weighted by Gasteiger charge is -2.34. The van der Waals surface area contributed by atoms with Crippen LogP contribution in [0.2, 0.25) is 0 Å². The van der Waals surface area contributed by atoms with Crippen LogP contribution in [-0.4, -0.2) is 23.0 Å². The topological polar surface area (TPSA) is 78.4 Å². The van der Waals surface area contributed by atoms with Gasteiger partial charge in [0.05, 0.1) is 0 Å². The van der Waals surface area contributed by atoms with E-state index in [1.807, 2.05) is 18.2 Å². The maximum Gasteiger partial charge on any atom is 0.326 e. The van der Waals surface area contributed by atoms with Crippen LogP contribution < -0.4 is 10.6 Å². The number of rotatable bonds is 2. The summed E-state index contributed by atoms with van der Waals surface area (Å²) in [6.45, 7) is 1.47. The summed E-state index contributed by atoms with van der Waals surface area (Å²) in [6.07, 6.45) is 4.86. The van der Waals surface area contributed by atoms with Gasteiger partial charge in [-0.2, -0.15) is 0 Å². The van der Waals surface area contributed by atoms with Gasteiger partial charge >= 0.3 is 5.97 Å². The molecule has 1 heterocycles. The van der Waals surface area contributed by atoms with E-state index in [0.29, 0.717) is 0 Å². The Morgan fingerprint density at radius 1 is 1.40 bits per heavy atom. The van der Waals surface area contributed by atoms with Gasteiger partial charge in [-0.1, -0.05) is 12.2 Å². The molecular weight excluding hydrogens is 256 g/mol. The van der Waals surface area contributed by atoms with Crippen LogP contribution in [-0.2, 0) is 9.59 Å². The lowest BCUT2D eigenvalue weighted by molar-refractivity contribution is -0.139. The second kappa shape index (κ2) is 4.67. The molecule has 3 atom stereocenters. The molecule has 20 heavy (non-hydrogen) atoms. The van der Waals surface area contributed by atoms with Gasteiger partial charge in [0.15, 0.2) is 0 Å². The first-order valence-corrected chi connectivity index (χ1v) is 6.64. The zero-order valence-electron chi connectivity index (χ0n) is 11.1. The van der Waals surface area contributed by atoms with Crippen molar-refractivity contribution in [3.8, 4) is 0 Å². The van der Waals surface area contributed by atoms with Crippen molar-refractivity contribution in [3.05, 3.63) is 35.9 Å². The monoisotopic (exact) mass is 272 g/mol. The predicted molar refractivity (Wildman–Crippen MR) is 75.8 cm³/mol. The summed E-state index contributed by atoms with van der Waals surface area (Å²) in [5.41, 5.74) is 2.62. The van der Waals surface area contributed by atoms with E-state index in [-0.39, 0.29) is 17.7 Å². The summed E-state index contributed by atoms with van der Waals surface area (Å²) < 4.78 is 0. The third kappa shape index (κ3) is 2.05. The maximum absolute atomic E-state index is 11.4. The van der Waals surface area contributed by atoms with Gasteiger partial charge in [0.2, 0.25) is 5.91 Å². The molecule has 3 N–H and O–H groups in total. The Hall–Kier alpha value is -2.30. The molecule has 0 unspecified atom stereocenters. The van der Waals surface area contributed by atoms with Crippen molar-refractivity contribution < 1.29 is 14.7 Å². The third-order valence-electron chi connectivity index (χ3n) is 3.95. The Labute approximate surface area is 116 Å². The number of anilines is 2. The first kappa shape index (κ1) is 12.7. The van der Waals surface area contributed by atoms with Crippen molar-refractivity contribution >= 4 is 23.3 Å². The van der Waals surface area contributed by atoms with Crippen LogP contribution in [0.3, 0.4) is 0 Å². The second-order valence-electron chi connectivity index (χ2n) is 5.30. The molecule has 0 saturated heterocycles. The number of hydrogen-bond acceptors (Lipinski definition) is 3. The molecule has 1 amide bonds. The summed E-state index contributed by atoms with van der Waals surface area (Å²) >= 11 is 0. The number of carbonyl (C=O) groups excluding carboxylic acids is 1. The number of carboxylic acids is 1. The Balaban J connectivity index is 2.00. The lowest BCUT2D eigenvalue weighted by Crippen LogP contribution is -2.41. The number of carbonyl (C=O) groups is 2. The van der Waals surface area contributed by atoms with Crippen LogP contribution in [0.4, 0.5) is 11.4 Å². The number of nitrogens with one attached hydrogen (secondary N) is 2. The highest BCUT2D eigenvalue weighted by Crippen LogP contribution is 2.45. The van der Waals surface area contributed by atoms with Crippen molar-refractivity contribution in [1.29, 1.82) is 0 Å². The summed E-state index contributed by atoms with van der Waals surface area (Å²) in [5, 5.41) is 15.2. The second-order valence-corrected chi connectivity index (χ2v) is 5.30. The molecule has 0 saturated carbocycles. The minimum Gasteiger partial charge on any atom is -0.480 e. The first-order valence-electron chi connectivity index (χ1n) is 6.64. The standard InChI is InChI=1S/C15H16N2O3/c1-8(18)16-9-5-6-13-12(7-9)10-3-2-4-11(10)14(17-13)15(19)20/h2-3,5-7,10-11,14,17H,4H2,1H3,(H,16,18)(H,19,20)/t10-,11-,14-/m1/s1. The zero-order valence-corrected chi connectivity index (χ0v) is 11.1. The first-order chi connectivity index (χ1) is 9.56. The molecule has 3 rings (SSSR count). The number of carboxylic acid groups (broad SMARTS) is 1. The van der Waals surface area contributed by atoms with Crippen LogP contribution >= 0.6 is 0 Å². The Kier molecular flexibility index (Phi) is 2.97. The largest absolute Gasteiger partial charge is 0.480 e. The van der Waals surface area contributed by atoms with Gasteiger partial charge in [-0.15, -0.1) is 0 Å². The van der Waals surface area contributed by atoms with Crippen LogP contribution in [0.15, 0.2) is 30.4 Å². The van der Waals surface area contributed by atoms with Crippen LogP contribution in [0.25, 0.3) is 0 Å². The molecule has 0 radical (unpaired) electrons. The Bertz CT molecular complexity index is 609. The Morgan fingerprint density at radius 2 is 2.20 bits per heavy atom. The smallest absolute Gasteiger partial charge is 0.326 e. The van der Waals surface area contributed by atoms with E-state index in [1.165, 1.54) is 6.92 Å². The van der Waals surface area contributed by atoms with E-state index in [2.05, 4.69) is 16.7 Å². The van der Waals surface area contributed by atoms with Crippen LogP contribution in [0.1, 0.15) is 24.8 Å². The Morgan fingerprint density at radius 3 is 2.90 bits per heavy atom. The van der Waals surface area contributed by atoms with E-state index >= 15 is 0 Å². The van der Waals surface area contributed by atoms with Crippen molar-refractivity contribution in [1.82, 2.24) is 0 Å². The quantitative estimate of drug-likeness (QED) is 0.721. The van der Waals surface area contributed by atoms with E-state index < -0.39 is 12.0 Å². The van der Waals surface area contributed by atoms with Crippen LogP contribution in [0.5, 0.6) is 0 Å². The number of aliphatic carboxylic acids is 1. The average molecular weight is 272 g/mol. The summed E-state index contributed by atoms with van der Waals surface area (Å²) in [5.74, 6) is -0.801. The maximum atomic E-state index is 11.4. The normalized spacial score (nSPS) is 26.4. The molecule has 5 nitrogen and oxygen atoms in total. The highest BCUT2D eigenvalue weighted by molar-refractivity contribution is 5.89. The molecule has 0 aromatic heterocycles. The number of benzene rings is 1. The molecule has 2 aliphatic rings. The van der Waals surface area contributed by atoms with E-state index in [1.54, 1.807) is 6.07 Å². The molecule has 1 aromatic rings. The molecule has 1 aromatic carbocycles. The molecule has 0 spiro atoms. The van der Waals surface area contributed by atoms with E-state index in [4.69, 9.17) is 0 Å². The fraction of sp³-hybridized carbons (Fsp3) is 0.333. The highest BCUT2D eigenvalue weighted by atomic mass is 16.4. The van der Waals surface area contributed by atoms with Crippen LogP contribution in [0, 0.1) is 5.92 Å². The zero-order chi connectivity index (χ0) is 14.3. The van der Waals surface area contributed by atoms with Gasteiger partial charge in [-0.25, -0.2) is 4.79 Å². The SMILES string of the molecule is CC(=O)Nc1ccc2c(c1)[C@@H]1C=CC[C@H]1[C@H](C(=O)O)N2. The number of allylic oxidation sites excluding steroid dienone is 2. The molecule has 0 bridgehead atoms. The highest BCUT2D eigenvalue weighted by Gasteiger charge is 2.40. The van der Waals surface area contributed by atoms with Gasteiger partial charge in [0.25, 0.3) is 0 Å². The van der Waals surface area contributed by atoms with Crippen molar-refractivity contribution in [3.63, 3.8) is 0 Å². The number of amides is 1. The fourth-order valence-corrected chi connectivity index (χ4v) is 3.12. The van der Waals surface area contributed by atoms with Gasteiger partial charge in [-0.3, -0.25) is 4.79 Å². The van der Waals surface area contributed by atoms with Crippen molar-refractivity contribution in [2.75, 3.05) is 10.6 Å². The number of hydrogen-bond donors (Lipinski definition) is 3. The lowest BCUT2D eigenvalue weighted by atomic mass is 9.79.